The predicted molar refractivity (Wildman–Crippen MR) is 20.6 cm³/mol. The van der Waals surface area contributed by atoms with Crippen molar-refractivity contribution in [2.75, 3.05) is 6.54 Å². The molecule has 1 saturated heterocycles. The molecule has 40 valence electrons. The molecule has 0 radical (unpaired) electrons. The van der Waals surface area contributed by atoms with Gasteiger partial charge < -0.3 is 11.5 Å². The van der Waals surface area contributed by atoms with Crippen LogP contribution in [-0.4, -0.2) is 18.6 Å². The smallest absolute Gasteiger partial charge is 1.00 e. The maximum absolute atomic E-state index is 9.95. The van der Waals surface area contributed by atoms with E-state index in [1.165, 1.54) is 0 Å². The molecule has 1 aliphatic rings. The second-order valence-electron chi connectivity index (χ2n) is 1.12. The van der Waals surface area contributed by atoms with E-state index in [1.54, 1.807) is 0 Å². The number of amides is 1. The molecule has 0 saturated carbocycles. The summed E-state index contributed by atoms with van der Waals surface area (Å²) in [5.41, 5.74) is 0. The topological polar surface area (TPSA) is 55.4 Å². The van der Waals surface area contributed by atoms with Crippen LogP contribution in [0, 0.1) is 0 Å². The van der Waals surface area contributed by atoms with Crippen molar-refractivity contribution < 1.29 is 67.1 Å². The number of carbonyl (C=O) groups is 2. The molecule has 0 atom stereocenters. The van der Waals surface area contributed by atoms with E-state index >= 15 is 0 Å². The van der Waals surface area contributed by atoms with Crippen LogP contribution in [0.2, 0.25) is 0 Å². The van der Waals surface area contributed by atoms with E-state index in [-0.39, 0.29) is 59.4 Å². The molecule has 0 aliphatic carbocycles. The van der Waals surface area contributed by atoms with Crippen LogP contribution < -0.4 is 56.7 Å². The third-order valence-corrected chi connectivity index (χ3v) is 0.584. The SMILES string of the molecule is O=C1CNC(=O)O1.[H-].[K+]. The first-order valence-electron chi connectivity index (χ1n) is 1.77. The van der Waals surface area contributed by atoms with Crippen molar-refractivity contribution >= 4 is 12.1 Å². The standard InChI is InChI=1S/C3H3NO3.K.H/c5-2-1-4-3(6)7-2;;/h1H2,(H,4,6);;/q;+1;-1. The van der Waals surface area contributed by atoms with Gasteiger partial charge in [-0.05, 0) is 0 Å². The van der Waals surface area contributed by atoms with Crippen LogP contribution in [0.1, 0.15) is 1.43 Å². The molecule has 1 amide bonds. The Labute approximate surface area is 89.9 Å². The van der Waals surface area contributed by atoms with E-state index in [0.29, 0.717) is 0 Å². The van der Waals surface area contributed by atoms with E-state index in [4.69, 9.17) is 0 Å². The zero-order valence-corrected chi connectivity index (χ0v) is 7.55. The Hall–Kier alpha value is 0.576. The summed E-state index contributed by atoms with van der Waals surface area (Å²) in [7, 11) is 0. The summed E-state index contributed by atoms with van der Waals surface area (Å²) < 4.78 is 3.97. The number of ether oxygens (including phenoxy) is 1. The molecule has 0 unspecified atom stereocenters. The number of hydrogen-bond acceptors (Lipinski definition) is 3. The monoisotopic (exact) mass is 141 g/mol. The number of hydrogen-bond donors (Lipinski definition) is 1. The van der Waals surface area contributed by atoms with Crippen LogP contribution in [0.3, 0.4) is 0 Å². The molecule has 8 heavy (non-hydrogen) atoms. The molecule has 1 fully saturated rings. The van der Waals surface area contributed by atoms with E-state index in [0.717, 1.165) is 0 Å². The maximum Gasteiger partial charge on any atom is 1.00 e. The minimum absolute atomic E-state index is 0. The van der Waals surface area contributed by atoms with Gasteiger partial charge in [0.25, 0.3) is 0 Å². The molecule has 5 heteroatoms. The molecule has 0 bridgehead atoms. The molecule has 4 nitrogen and oxygen atoms in total. The van der Waals surface area contributed by atoms with Crippen molar-refractivity contribution in [3.8, 4) is 0 Å². The zero-order valence-electron chi connectivity index (χ0n) is 5.43. The molecular weight excluding hydrogens is 137 g/mol. The molecule has 0 aromatic rings. The molecule has 0 aromatic heterocycles. The third kappa shape index (κ3) is 2.23. The molecule has 1 heterocycles. The number of alkyl carbamates (subject to hydrolysis) is 1. The zero-order chi connectivity index (χ0) is 5.28. The van der Waals surface area contributed by atoms with Gasteiger partial charge in [-0.2, -0.15) is 0 Å². The fraction of sp³-hybridized carbons (Fsp3) is 0.333. The van der Waals surface area contributed by atoms with E-state index < -0.39 is 12.1 Å². The van der Waals surface area contributed by atoms with Gasteiger partial charge in [-0.3, -0.25) is 0 Å². The number of nitrogens with one attached hydrogen (secondary N) is 1. The normalized spacial score (nSPS) is 16.5. The first-order valence-corrected chi connectivity index (χ1v) is 1.77. The minimum Gasteiger partial charge on any atom is -1.00 e. The van der Waals surface area contributed by atoms with Crippen LogP contribution in [0.5, 0.6) is 0 Å². The third-order valence-electron chi connectivity index (χ3n) is 0.584. The Morgan fingerprint density at radius 2 is 2.25 bits per heavy atom. The molecule has 0 aromatic carbocycles. The van der Waals surface area contributed by atoms with Gasteiger partial charge >= 0.3 is 63.4 Å². The van der Waals surface area contributed by atoms with Crippen molar-refractivity contribution in [1.29, 1.82) is 0 Å². The average Bonchev–Trinajstić information content (AvgIpc) is 1.87. The summed E-state index contributed by atoms with van der Waals surface area (Å²) in [6.45, 7) is 0.0127. The van der Waals surface area contributed by atoms with Crippen LogP contribution in [0.4, 0.5) is 4.79 Å². The van der Waals surface area contributed by atoms with Crippen molar-refractivity contribution in [1.82, 2.24) is 5.32 Å². The van der Waals surface area contributed by atoms with Gasteiger partial charge in [0.05, 0.1) is 0 Å². The van der Waals surface area contributed by atoms with Crippen LogP contribution >= 0.6 is 0 Å². The van der Waals surface area contributed by atoms with Crippen molar-refractivity contribution in [2.24, 2.45) is 0 Å². The summed E-state index contributed by atoms with van der Waals surface area (Å²) in [4.78, 5) is 19.8. The Kier molecular flexibility index (Phi) is 3.83. The maximum atomic E-state index is 9.95. The van der Waals surface area contributed by atoms with Gasteiger partial charge in [0, 0.05) is 0 Å². The molecule has 1 aliphatic heterocycles. The summed E-state index contributed by atoms with van der Waals surface area (Å²) in [6, 6.07) is 0. The molecule has 0 spiro atoms. The summed E-state index contributed by atoms with van der Waals surface area (Å²) in [5.74, 6) is -0.509. The summed E-state index contributed by atoms with van der Waals surface area (Å²) in [5, 5.41) is 2.16. The van der Waals surface area contributed by atoms with Gasteiger partial charge in [-0.15, -0.1) is 0 Å². The number of rotatable bonds is 0. The van der Waals surface area contributed by atoms with Gasteiger partial charge in [0.15, 0.2) is 0 Å². The van der Waals surface area contributed by atoms with Crippen LogP contribution in [0.15, 0.2) is 0 Å². The summed E-state index contributed by atoms with van der Waals surface area (Å²) >= 11 is 0. The second-order valence-corrected chi connectivity index (χ2v) is 1.12. The van der Waals surface area contributed by atoms with E-state index in [2.05, 4.69) is 10.1 Å². The minimum atomic E-state index is -0.648. The fourth-order valence-corrected chi connectivity index (χ4v) is 0.320. The number of cyclic esters (lactones) is 2. The van der Waals surface area contributed by atoms with Crippen molar-refractivity contribution in [3.63, 3.8) is 0 Å². The van der Waals surface area contributed by atoms with Gasteiger partial charge in [-0.1, -0.05) is 0 Å². The Bertz CT molecular complexity index is 114. The first-order chi connectivity index (χ1) is 3.29. The van der Waals surface area contributed by atoms with Crippen LogP contribution in [0.25, 0.3) is 0 Å². The Balaban J connectivity index is 0. The molecule has 1 N–H and O–H groups in total. The fourth-order valence-electron chi connectivity index (χ4n) is 0.320. The first kappa shape index (κ1) is 8.58. The number of esters is 1. The van der Waals surface area contributed by atoms with E-state index in [1.807, 2.05) is 0 Å². The van der Waals surface area contributed by atoms with Gasteiger partial charge in [0.1, 0.15) is 6.54 Å². The average molecular weight is 141 g/mol. The van der Waals surface area contributed by atoms with Gasteiger partial charge in [0.2, 0.25) is 0 Å². The number of carbonyl (C=O) groups excluding carboxylic acids is 2. The largest absolute Gasteiger partial charge is 1.00 e. The molecular formula is C3H4KNO3. The van der Waals surface area contributed by atoms with E-state index in [9.17, 15) is 9.59 Å². The Morgan fingerprint density at radius 3 is 2.38 bits per heavy atom. The van der Waals surface area contributed by atoms with Crippen molar-refractivity contribution in [2.45, 2.75) is 0 Å². The second kappa shape index (κ2) is 3.57. The predicted octanol–water partition coefficient (Wildman–Crippen LogP) is -3.63. The Morgan fingerprint density at radius 1 is 1.62 bits per heavy atom. The van der Waals surface area contributed by atoms with Crippen molar-refractivity contribution in [3.05, 3.63) is 0 Å². The quantitative estimate of drug-likeness (QED) is 0.215. The van der Waals surface area contributed by atoms with Gasteiger partial charge in [-0.25, -0.2) is 9.59 Å². The summed E-state index contributed by atoms with van der Waals surface area (Å²) in [6.07, 6.45) is -0.648. The van der Waals surface area contributed by atoms with Crippen LogP contribution in [-0.2, 0) is 9.53 Å². The molecule has 1 rings (SSSR count).